The number of hydrogen-bond donors (Lipinski definition) is 0. The number of halogens is 2. The summed E-state index contributed by atoms with van der Waals surface area (Å²) in [7, 11) is 1.56. The molecule has 1 aliphatic heterocycles. The highest BCUT2D eigenvalue weighted by molar-refractivity contribution is 6.34. The monoisotopic (exact) mass is 387 g/mol. The first-order valence-corrected chi connectivity index (χ1v) is 8.86. The van der Waals surface area contributed by atoms with Crippen LogP contribution in [0.2, 0.25) is 5.02 Å². The summed E-state index contributed by atoms with van der Waals surface area (Å²) < 4.78 is 13.3. The van der Waals surface area contributed by atoms with Crippen LogP contribution in [-0.4, -0.2) is 41.0 Å². The summed E-state index contributed by atoms with van der Waals surface area (Å²) in [4.78, 5) is 25.6. The fourth-order valence-corrected chi connectivity index (χ4v) is 3.17. The summed E-state index contributed by atoms with van der Waals surface area (Å²) in [6, 6.07) is 12.9. The van der Waals surface area contributed by atoms with E-state index in [1.54, 1.807) is 25.2 Å². The van der Waals surface area contributed by atoms with Crippen LogP contribution in [0.4, 0.5) is 4.39 Å². The number of likely N-dealkylation sites (N-methyl/N-ethyl adjacent to an activating group) is 1. The van der Waals surface area contributed by atoms with Crippen LogP contribution < -0.4 is 0 Å². The van der Waals surface area contributed by atoms with Crippen LogP contribution in [-0.2, 0) is 9.59 Å². The van der Waals surface area contributed by atoms with Crippen molar-refractivity contribution in [1.82, 2.24) is 9.91 Å². The van der Waals surface area contributed by atoms with E-state index in [4.69, 9.17) is 11.6 Å². The minimum Gasteiger partial charge on any atom is -0.337 e. The van der Waals surface area contributed by atoms with Crippen LogP contribution in [0, 0.1) is 5.82 Å². The second kappa shape index (κ2) is 7.88. The first kappa shape index (κ1) is 19.0. The molecular weight excluding hydrogens is 369 g/mol. The molecule has 0 spiro atoms. The normalized spacial score (nSPS) is 16.2. The summed E-state index contributed by atoms with van der Waals surface area (Å²) in [6.45, 7) is 1.31. The Labute approximate surface area is 162 Å². The molecule has 140 valence electrons. The van der Waals surface area contributed by atoms with Gasteiger partial charge in [0.2, 0.25) is 5.91 Å². The molecule has 0 radical (unpaired) electrons. The van der Waals surface area contributed by atoms with Crippen molar-refractivity contribution in [3.05, 3.63) is 70.5 Å². The molecule has 1 atom stereocenters. The third-order valence-electron chi connectivity index (χ3n) is 4.52. The first-order valence-electron chi connectivity index (χ1n) is 8.48. The molecule has 0 saturated carbocycles. The smallest absolute Gasteiger partial charge is 0.262 e. The van der Waals surface area contributed by atoms with Gasteiger partial charge in [-0.1, -0.05) is 41.9 Å². The summed E-state index contributed by atoms with van der Waals surface area (Å²) in [5, 5.41) is 6.41. The largest absolute Gasteiger partial charge is 0.337 e. The molecule has 0 aliphatic carbocycles. The van der Waals surface area contributed by atoms with E-state index in [0.717, 1.165) is 11.1 Å². The van der Waals surface area contributed by atoms with E-state index >= 15 is 0 Å². The minimum atomic E-state index is -0.385. The molecule has 0 bridgehead atoms. The standard InChI is InChI=1S/C20H19ClFN3O2/c1-13(26)24(2)12-20(27)25-19(14-7-9-15(22)10-8-14)11-18(23-25)16-5-3-4-6-17(16)21/h3-10,19H,11-12H2,1-2H3. The lowest BCUT2D eigenvalue weighted by Gasteiger charge is -2.24. The summed E-state index contributed by atoms with van der Waals surface area (Å²) in [6.07, 6.45) is 0.449. The number of amides is 2. The van der Waals surface area contributed by atoms with Crippen molar-refractivity contribution < 1.29 is 14.0 Å². The number of nitrogens with zero attached hydrogens (tertiary/aromatic N) is 3. The lowest BCUT2D eigenvalue weighted by molar-refractivity contribution is -0.139. The van der Waals surface area contributed by atoms with E-state index in [1.807, 2.05) is 18.2 Å². The Bertz CT molecular complexity index is 898. The number of carbonyl (C=O) groups excluding carboxylic acids is 2. The van der Waals surface area contributed by atoms with Crippen LogP contribution in [0.1, 0.15) is 30.5 Å². The predicted molar refractivity (Wildman–Crippen MR) is 102 cm³/mol. The van der Waals surface area contributed by atoms with Crippen molar-refractivity contribution in [2.24, 2.45) is 5.10 Å². The molecule has 0 fully saturated rings. The molecule has 0 N–H and O–H groups in total. The molecule has 3 rings (SSSR count). The third-order valence-corrected chi connectivity index (χ3v) is 4.85. The van der Waals surface area contributed by atoms with Gasteiger partial charge in [0, 0.05) is 31.0 Å². The topological polar surface area (TPSA) is 53.0 Å². The quantitative estimate of drug-likeness (QED) is 0.804. The molecule has 1 heterocycles. The second-order valence-corrected chi connectivity index (χ2v) is 6.82. The van der Waals surface area contributed by atoms with E-state index in [1.165, 1.54) is 29.0 Å². The average molecular weight is 388 g/mol. The molecule has 2 aromatic rings. The molecule has 27 heavy (non-hydrogen) atoms. The highest BCUT2D eigenvalue weighted by atomic mass is 35.5. The van der Waals surface area contributed by atoms with E-state index < -0.39 is 0 Å². The maximum atomic E-state index is 13.3. The Kier molecular flexibility index (Phi) is 5.56. The van der Waals surface area contributed by atoms with Gasteiger partial charge < -0.3 is 4.90 Å². The highest BCUT2D eigenvalue weighted by Gasteiger charge is 2.34. The van der Waals surface area contributed by atoms with Gasteiger partial charge in [-0.25, -0.2) is 9.40 Å². The van der Waals surface area contributed by atoms with Gasteiger partial charge >= 0.3 is 0 Å². The zero-order chi connectivity index (χ0) is 19.6. The van der Waals surface area contributed by atoms with E-state index in [-0.39, 0.29) is 30.2 Å². The predicted octanol–water partition coefficient (Wildman–Crippen LogP) is 3.64. The van der Waals surface area contributed by atoms with Crippen molar-refractivity contribution in [2.45, 2.75) is 19.4 Å². The fourth-order valence-electron chi connectivity index (χ4n) is 2.93. The van der Waals surface area contributed by atoms with E-state index in [9.17, 15) is 14.0 Å². The van der Waals surface area contributed by atoms with Crippen molar-refractivity contribution in [3.8, 4) is 0 Å². The maximum Gasteiger partial charge on any atom is 0.262 e. The van der Waals surface area contributed by atoms with Crippen LogP contribution in [0.5, 0.6) is 0 Å². The lowest BCUT2D eigenvalue weighted by Crippen LogP contribution is -2.38. The van der Waals surface area contributed by atoms with Gasteiger partial charge in [-0.15, -0.1) is 0 Å². The third kappa shape index (κ3) is 4.17. The molecule has 5 nitrogen and oxygen atoms in total. The molecule has 1 aliphatic rings. The molecule has 7 heteroatoms. The maximum absolute atomic E-state index is 13.3. The van der Waals surface area contributed by atoms with E-state index in [2.05, 4.69) is 5.10 Å². The molecule has 2 aromatic carbocycles. The van der Waals surface area contributed by atoms with Gasteiger partial charge in [-0.3, -0.25) is 9.59 Å². The van der Waals surface area contributed by atoms with Crippen molar-refractivity contribution >= 4 is 29.1 Å². The zero-order valence-corrected chi connectivity index (χ0v) is 15.8. The van der Waals surface area contributed by atoms with Crippen molar-refractivity contribution in [2.75, 3.05) is 13.6 Å². The molecule has 0 saturated heterocycles. The summed E-state index contributed by atoms with van der Waals surface area (Å²) in [5.74, 6) is -0.876. The van der Waals surface area contributed by atoms with Gasteiger partial charge in [-0.05, 0) is 23.8 Å². The number of hydrogen-bond acceptors (Lipinski definition) is 3. The fraction of sp³-hybridized carbons (Fsp3) is 0.250. The summed E-state index contributed by atoms with van der Waals surface area (Å²) in [5.41, 5.74) is 2.19. The SMILES string of the molecule is CC(=O)N(C)CC(=O)N1N=C(c2ccccc2Cl)CC1c1ccc(F)cc1. The van der Waals surface area contributed by atoms with Crippen molar-refractivity contribution in [1.29, 1.82) is 0 Å². The number of hydrazone groups is 1. The zero-order valence-electron chi connectivity index (χ0n) is 15.0. The highest BCUT2D eigenvalue weighted by Crippen LogP contribution is 2.34. The number of benzene rings is 2. The number of carbonyl (C=O) groups is 2. The minimum absolute atomic E-state index is 0.0909. The molecular formula is C20H19ClFN3O2. The summed E-state index contributed by atoms with van der Waals surface area (Å²) >= 11 is 6.29. The first-order chi connectivity index (χ1) is 12.9. The second-order valence-electron chi connectivity index (χ2n) is 6.41. The Hall–Kier alpha value is -2.73. The van der Waals surface area contributed by atoms with Gasteiger partial charge in [0.25, 0.3) is 5.91 Å². The van der Waals surface area contributed by atoms with Gasteiger partial charge in [0.1, 0.15) is 12.4 Å². The molecule has 1 unspecified atom stereocenters. The number of rotatable bonds is 4. The molecule has 0 aromatic heterocycles. The van der Waals surface area contributed by atoms with Gasteiger partial charge in [0.05, 0.1) is 11.8 Å². The van der Waals surface area contributed by atoms with E-state index in [0.29, 0.717) is 17.2 Å². The van der Waals surface area contributed by atoms with Crippen LogP contribution >= 0.6 is 11.6 Å². The Balaban J connectivity index is 1.94. The Morgan fingerprint density at radius 2 is 1.89 bits per heavy atom. The van der Waals surface area contributed by atoms with Crippen LogP contribution in [0.3, 0.4) is 0 Å². The lowest BCUT2D eigenvalue weighted by atomic mass is 9.98. The van der Waals surface area contributed by atoms with Crippen molar-refractivity contribution in [3.63, 3.8) is 0 Å². The molecule has 2 amide bonds. The van der Waals surface area contributed by atoms with Gasteiger partial charge in [-0.2, -0.15) is 5.10 Å². The van der Waals surface area contributed by atoms with Crippen LogP contribution in [0.25, 0.3) is 0 Å². The van der Waals surface area contributed by atoms with Crippen LogP contribution in [0.15, 0.2) is 53.6 Å². The Morgan fingerprint density at radius 3 is 2.52 bits per heavy atom. The Morgan fingerprint density at radius 1 is 1.22 bits per heavy atom. The van der Waals surface area contributed by atoms with Gasteiger partial charge in [0.15, 0.2) is 0 Å². The average Bonchev–Trinajstić information content (AvgIpc) is 3.07.